The largest absolute Gasteiger partial charge is 0.372 e. The summed E-state index contributed by atoms with van der Waals surface area (Å²) in [6.45, 7) is 5.55. The quantitative estimate of drug-likeness (QED) is 0.275. The van der Waals surface area contributed by atoms with Gasteiger partial charge in [-0.3, -0.25) is 0 Å². The Labute approximate surface area is 211 Å². The summed E-state index contributed by atoms with van der Waals surface area (Å²) in [7, 11) is 8.12. The van der Waals surface area contributed by atoms with Crippen LogP contribution >= 0.6 is 11.9 Å². The Bertz CT molecular complexity index is 953. The first-order chi connectivity index (χ1) is 16.4. The van der Waals surface area contributed by atoms with E-state index in [2.05, 4.69) is 58.6 Å². The third-order valence-corrected chi connectivity index (χ3v) is 8.04. The van der Waals surface area contributed by atoms with Gasteiger partial charge in [0.2, 0.25) is 5.96 Å². The number of rotatable bonds is 7. The van der Waals surface area contributed by atoms with Gasteiger partial charge in [0.1, 0.15) is 0 Å². The van der Waals surface area contributed by atoms with Crippen LogP contribution in [0.25, 0.3) is 0 Å². The van der Waals surface area contributed by atoms with Crippen LogP contribution in [0.15, 0.2) is 52.4 Å². The van der Waals surface area contributed by atoms with E-state index < -0.39 is 0 Å². The Hall–Kier alpha value is -2.18. The van der Waals surface area contributed by atoms with Gasteiger partial charge in [0.05, 0.1) is 5.69 Å². The number of nitrogens with zero attached hydrogens (tertiary/aromatic N) is 5. The molecule has 1 aliphatic heterocycles. The Morgan fingerprint density at radius 1 is 0.971 bits per heavy atom. The fourth-order valence-electron chi connectivity index (χ4n) is 5.20. The zero-order valence-corrected chi connectivity index (χ0v) is 22.4. The molecule has 6 heteroatoms. The van der Waals surface area contributed by atoms with Crippen LogP contribution in [0.3, 0.4) is 0 Å². The first-order valence-electron chi connectivity index (χ1n) is 12.8. The van der Waals surface area contributed by atoms with Gasteiger partial charge in [-0.1, -0.05) is 25.0 Å². The molecule has 4 rings (SSSR count). The van der Waals surface area contributed by atoms with Crippen molar-refractivity contribution < 1.29 is 0 Å². The molecule has 34 heavy (non-hydrogen) atoms. The van der Waals surface area contributed by atoms with Crippen LogP contribution in [-0.2, 0) is 13.0 Å². The van der Waals surface area contributed by atoms with Gasteiger partial charge in [-0.05, 0) is 86.0 Å². The third kappa shape index (κ3) is 6.08. The smallest absolute Gasteiger partial charge is 0.200 e. The van der Waals surface area contributed by atoms with Crippen molar-refractivity contribution in [1.29, 1.82) is 0 Å². The summed E-state index contributed by atoms with van der Waals surface area (Å²) in [6.07, 6.45) is 7.79. The molecule has 1 saturated carbocycles. The fourth-order valence-corrected chi connectivity index (χ4v) is 6.30. The van der Waals surface area contributed by atoms with Crippen molar-refractivity contribution in [1.82, 2.24) is 14.1 Å². The van der Waals surface area contributed by atoms with E-state index in [0.717, 1.165) is 24.7 Å². The van der Waals surface area contributed by atoms with E-state index in [1.54, 1.807) is 0 Å². The molecule has 0 spiro atoms. The number of guanidine groups is 1. The highest BCUT2D eigenvalue weighted by Crippen LogP contribution is 2.36. The molecule has 5 nitrogen and oxygen atoms in total. The maximum Gasteiger partial charge on any atom is 0.200 e. The first-order valence-corrected chi connectivity index (χ1v) is 13.6. The van der Waals surface area contributed by atoms with Crippen molar-refractivity contribution in [2.75, 3.05) is 46.2 Å². The predicted molar refractivity (Wildman–Crippen MR) is 147 cm³/mol. The predicted octanol–water partition coefficient (Wildman–Crippen LogP) is 6.02. The normalized spacial score (nSPS) is 16.0. The van der Waals surface area contributed by atoms with E-state index >= 15 is 0 Å². The second kappa shape index (κ2) is 11.5. The van der Waals surface area contributed by atoms with Gasteiger partial charge in [0.25, 0.3) is 0 Å². The zero-order chi connectivity index (χ0) is 24.1. The van der Waals surface area contributed by atoms with E-state index in [0.29, 0.717) is 6.04 Å². The highest BCUT2D eigenvalue weighted by molar-refractivity contribution is 7.97. The molecule has 0 aromatic heterocycles. The second-order valence-corrected chi connectivity index (χ2v) is 11.1. The summed E-state index contributed by atoms with van der Waals surface area (Å²) < 4.78 is 2.64. The number of anilines is 1. The van der Waals surface area contributed by atoms with Crippen LogP contribution in [0.5, 0.6) is 0 Å². The lowest BCUT2D eigenvalue weighted by Crippen LogP contribution is -2.35. The first kappa shape index (κ1) is 24.9. The van der Waals surface area contributed by atoms with Gasteiger partial charge in [-0.25, -0.2) is 9.30 Å². The van der Waals surface area contributed by atoms with Gasteiger partial charge in [0, 0.05) is 64.4 Å². The molecule has 2 aromatic carbocycles. The van der Waals surface area contributed by atoms with Crippen molar-refractivity contribution in [3.05, 3.63) is 53.6 Å². The molecule has 1 aliphatic carbocycles. The van der Waals surface area contributed by atoms with Crippen LogP contribution in [0.2, 0.25) is 0 Å². The maximum atomic E-state index is 4.82. The molecular weight excluding hydrogens is 438 g/mol. The minimum absolute atomic E-state index is 0.653. The molecule has 0 N–H and O–H groups in total. The molecule has 0 atom stereocenters. The van der Waals surface area contributed by atoms with E-state index in [4.69, 9.17) is 4.99 Å². The SMILES string of the molecule is CCN1CCCc2cc(CN(Sc3ccc(N=C(N(C)C)N(C)C)cc3)C3CCCC3)ccc21. The minimum atomic E-state index is 0.653. The molecule has 0 unspecified atom stereocenters. The van der Waals surface area contributed by atoms with Crippen molar-refractivity contribution >= 4 is 29.3 Å². The third-order valence-electron chi connectivity index (χ3n) is 6.90. The van der Waals surface area contributed by atoms with E-state index in [-0.39, 0.29) is 0 Å². The molecule has 0 amide bonds. The summed E-state index contributed by atoms with van der Waals surface area (Å²) in [5.41, 5.74) is 5.41. The van der Waals surface area contributed by atoms with Crippen LogP contribution in [0.1, 0.15) is 50.2 Å². The number of aliphatic imine (C=N–C) groups is 1. The topological polar surface area (TPSA) is 25.3 Å². The summed E-state index contributed by atoms with van der Waals surface area (Å²) in [6, 6.07) is 16.6. The monoisotopic (exact) mass is 479 g/mol. The Morgan fingerprint density at radius 2 is 1.68 bits per heavy atom. The molecule has 2 aromatic rings. The summed E-state index contributed by atoms with van der Waals surface area (Å²) in [5, 5.41) is 0. The van der Waals surface area contributed by atoms with Gasteiger partial charge in [-0.2, -0.15) is 0 Å². The van der Waals surface area contributed by atoms with Gasteiger partial charge in [0.15, 0.2) is 0 Å². The van der Waals surface area contributed by atoms with Crippen LogP contribution < -0.4 is 4.90 Å². The standard InChI is InChI=1S/C28H41N5S/c1-6-32-19-9-10-23-20-22(13-18-27(23)32)21-33(25-11-7-8-12-25)34-26-16-14-24(15-17-26)29-28(30(2)3)31(4)5/h13-18,20,25H,6-12,19,21H2,1-5H3. The molecule has 2 aliphatic rings. The summed E-state index contributed by atoms with van der Waals surface area (Å²) in [4.78, 5) is 12.7. The van der Waals surface area contributed by atoms with Gasteiger partial charge < -0.3 is 14.7 Å². The lowest BCUT2D eigenvalue weighted by Gasteiger charge is -2.32. The van der Waals surface area contributed by atoms with Crippen molar-refractivity contribution in [2.24, 2.45) is 4.99 Å². The number of benzene rings is 2. The molecule has 0 bridgehead atoms. The average molecular weight is 480 g/mol. The molecule has 1 heterocycles. The molecule has 1 fully saturated rings. The Balaban J connectivity index is 1.50. The Kier molecular flexibility index (Phi) is 8.43. The highest BCUT2D eigenvalue weighted by Gasteiger charge is 2.24. The maximum absolute atomic E-state index is 4.82. The fraction of sp³-hybridized carbons (Fsp3) is 0.536. The van der Waals surface area contributed by atoms with E-state index in [1.165, 1.54) is 66.8 Å². The molecule has 0 saturated heterocycles. The highest BCUT2D eigenvalue weighted by atomic mass is 32.2. The lowest BCUT2D eigenvalue weighted by molar-refractivity contribution is 0.350. The average Bonchev–Trinajstić information content (AvgIpc) is 3.37. The zero-order valence-electron chi connectivity index (χ0n) is 21.6. The van der Waals surface area contributed by atoms with E-state index in [1.807, 2.05) is 49.9 Å². The van der Waals surface area contributed by atoms with Crippen molar-refractivity contribution in [3.63, 3.8) is 0 Å². The van der Waals surface area contributed by atoms with Gasteiger partial charge >= 0.3 is 0 Å². The van der Waals surface area contributed by atoms with Crippen LogP contribution in [0, 0.1) is 0 Å². The van der Waals surface area contributed by atoms with E-state index in [9.17, 15) is 0 Å². The summed E-state index contributed by atoms with van der Waals surface area (Å²) >= 11 is 1.92. The molecule has 0 radical (unpaired) electrons. The van der Waals surface area contributed by atoms with Crippen LogP contribution in [0.4, 0.5) is 11.4 Å². The molecular formula is C28H41N5S. The second-order valence-electron chi connectivity index (χ2n) is 9.95. The van der Waals surface area contributed by atoms with Gasteiger partial charge in [-0.15, -0.1) is 0 Å². The summed E-state index contributed by atoms with van der Waals surface area (Å²) in [5.74, 6) is 0.946. The number of hydrogen-bond donors (Lipinski definition) is 0. The van der Waals surface area contributed by atoms with Crippen LogP contribution in [-0.4, -0.2) is 67.4 Å². The van der Waals surface area contributed by atoms with Crippen molar-refractivity contribution in [3.8, 4) is 0 Å². The number of aryl methyl sites for hydroxylation is 1. The molecule has 184 valence electrons. The minimum Gasteiger partial charge on any atom is -0.372 e. The number of hydrogen-bond acceptors (Lipinski definition) is 4. The number of fused-ring (bicyclic) bond motifs is 1. The Morgan fingerprint density at radius 3 is 2.32 bits per heavy atom. The van der Waals surface area contributed by atoms with Crippen molar-refractivity contribution in [2.45, 2.75) is 62.9 Å². The lowest BCUT2D eigenvalue weighted by atomic mass is 9.99.